The Morgan fingerprint density at radius 3 is 2.32 bits per heavy atom. The van der Waals surface area contributed by atoms with E-state index in [2.05, 4.69) is 5.32 Å². The molecular weight excluding hydrogens is 322 g/mol. The molecule has 0 bridgehead atoms. The topological polar surface area (TPSA) is 117 Å². The molecule has 0 saturated heterocycles. The lowest BCUT2D eigenvalue weighted by atomic mass is 10.1. The van der Waals surface area contributed by atoms with E-state index in [4.69, 9.17) is 20.9 Å². The minimum atomic E-state index is -0.973. The van der Waals surface area contributed by atoms with Gasteiger partial charge in [-0.25, -0.2) is 4.79 Å². The number of nitrogens with two attached hydrogens (primary N) is 2. The number of hydrogen-bond acceptors (Lipinski definition) is 5. The number of amides is 2. The minimum absolute atomic E-state index is 0.0684. The molecular formula is C18H29N3O4. The van der Waals surface area contributed by atoms with Gasteiger partial charge in [0.25, 0.3) is 0 Å². The first-order valence-electron chi connectivity index (χ1n) is 8.42. The SMILES string of the molecule is CC(C)(C)OC(=O)N[C@@H](COc1ccc(CCCCN)cc1)C(N)=O. The van der Waals surface area contributed by atoms with Gasteiger partial charge in [-0.3, -0.25) is 4.79 Å². The highest BCUT2D eigenvalue weighted by Crippen LogP contribution is 2.14. The van der Waals surface area contributed by atoms with Gasteiger partial charge < -0.3 is 26.3 Å². The molecule has 0 fully saturated rings. The van der Waals surface area contributed by atoms with Crippen molar-refractivity contribution < 1.29 is 19.1 Å². The fraction of sp³-hybridized carbons (Fsp3) is 0.556. The summed E-state index contributed by atoms with van der Waals surface area (Å²) in [7, 11) is 0. The van der Waals surface area contributed by atoms with E-state index < -0.39 is 23.6 Å². The van der Waals surface area contributed by atoms with Crippen LogP contribution >= 0.6 is 0 Å². The zero-order valence-corrected chi connectivity index (χ0v) is 15.2. The molecule has 0 heterocycles. The maximum Gasteiger partial charge on any atom is 0.408 e. The standard InChI is InChI=1S/C18H29N3O4/c1-18(2,3)25-17(23)21-15(16(20)22)12-24-14-9-7-13(8-10-14)6-4-5-11-19/h7-10,15H,4-6,11-12,19H2,1-3H3,(H2,20,22)(H,21,23)/t15-/m0/s1. The quantitative estimate of drug-likeness (QED) is 0.586. The molecule has 0 radical (unpaired) electrons. The second-order valence-corrected chi connectivity index (χ2v) is 6.80. The van der Waals surface area contributed by atoms with Gasteiger partial charge in [0.2, 0.25) is 5.91 Å². The lowest BCUT2D eigenvalue weighted by Crippen LogP contribution is -2.49. The number of carbonyl (C=O) groups excluding carboxylic acids is 2. The predicted octanol–water partition coefficient (Wildman–Crippen LogP) is 1.73. The molecule has 2 amide bonds. The summed E-state index contributed by atoms with van der Waals surface area (Å²) in [5.74, 6) is -0.0934. The number of benzene rings is 1. The van der Waals surface area contributed by atoms with Crippen molar-refractivity contribution in [1.29, 1.82) is 0 Å². The number of primary amides is 1. The fourth-order valence-corrected chi connectivity index (χ4v) is 2.05. The van der Waals surface area contributed by atoms with Crippen molar-refractivity contribution >= 4 is 12.0 Å². The van der Waals surface area contributed by atoms with Crippen LogP contribution in [0.2, 0.25) is 0 Å². The van der Waals surface area contributed by atoms with E-state index in [1.54, 1.807) is 20.8 Å². The van der Waals surface area contributed by atoms with Gasteiger partial charge in [-0.05, 0) is 64.3 Å². The minimum Gasteiger partial charge on any atom is -0.491 e. The summed E-state index contributed by atoms with van der Waals surface area (Å²) in [6.45, 7) is 5.83. The summed E-state index contributed by atoms with van der Waals surface area (Å²) in [5, 5.41) is 2.42. The Morgan fingerprint density at radius 1 is 1.16 bits per heavy atom. The van der Waals surface area contributed by atoms with E-state index in [-0.39, 0.29) is 6.61 Å². The molecule has 0 aliphatic heterocycles. The molecule has 1 atom stereocenters. The van der Waals surface area contributed by atoms with Crippen LogP contribution in [-0.2, 0) is 16.0 Å². The smallest absolute Gasteiger partial charge is 0.408 e. The molecule has 1 aromatic carbocycles. The van der Waals surface area contributed by atoms with Crippen LogP contribution in [0.5, 0.6) is 5.75 Å². The lowest BCUT2D eigenvalue weighted by molar-refractivity contribution is -0.120. The largest absolute Gasteiger partial charge is 0.491 e. The van der Waals surface area contributed by atoms with Crippen molar-refractivity contribution in [2.24, 2.45) is 11.5 Å². The molecule has 0 unspecified atom stereocenters. The van der Waals surface area contributed by atoms with Crippen LogP contribution in [0.3, 0.4) is 0 Å². The van der Waals surface area contributed by atoms with E-state index >= 15 is 0 Å². The molecule has 0 aromatic heterocycles. The average Bonchev–Trinajstić information content (AvgIpc) is 2.51. The van der Waals surface area contributed by atoms with Gasteiger partial charge in [0, 0.05) is 0 Å². The first kappa shape index (κ1) is 20.8. The summed E-state index contributed by atoms with van der Waals surface area (Å²) in [6.07, 6.45) is 2.28. The Bertz CT molecular complexity index is 552. The third-order valence-corrected chi connectivity index (χ3v) is 3.29. The molecule has 7 nitrogen and oxygen atoms in total. The molecule has 1 aromatic rings. The maximum atomic E-state index is 11.7. The van der Waals surface area contributed by atoms with E-state index in [9.17, 15) is 9.59 Å². The van der Waals surface area contributed by atoms with Crippen molar-refractivity contribution in [3.63, 3.8) is 0 Å². The summed E-state index contributed by atoms with van der Waals surface area (Å²) in [4.78, 5) is 23.2. The Labute approximate surface area is 149 Å². The van der Waals surface area contributed by atoms with Gasteiger partial charge in [-0.2, -0.15) is 0 Å². The van der Waals surface area contributed by atoms with Crippen LogP contribution in [0.15, 0.2) is 24.3 Å². The second-order valence-electron chi connectivity index (χ2n) is 6.80. The van der Waals surface area contributed by atoms with Crippen molar-refractivity contribution in [2.45, 2.75) is 51.7 Å². The zero-order valence-electron chi connectivity index (χ0n) is 15.2. The molecule has 140 valence electrons. The highest BCUT2D eigenvalue weighted by atomic mass is 16.6. The summed E-state index contributed by atoms with van der Waals surface area (Å²) in [6, 6.07) is 6.60. The van der Waals surface area contributed by atoms with Crippen LogP contribution in [-0.4, -0.2) is 36.8 Å². The molecule has 5 N–H and O–H groups in total. The summed E-state index contributed by atoms with van der Waals surface area (Å²) < 4.78 is 10.7. The average molecular weight is 351 g/mol. The van der Waals surface area contributed by atoms with E-state index in [1.807, 2.05) is 24.3 Å². The zero-order chi connectivity index (χ0) is 18.9. The Morgan fingerprint density at radius 2 is 1.80 bits per heavy atom. The Balaban J connectivity index is 2.51. The highest BCUT2D eigenvalue weighted by Gasteiger charge is 2.23. The third kappa shape index (κ3) is 8.95. The van der Waals surface area contributed by atoms with E-state index in [0.29, 0.717) is 12.3 Å². The molecule has 0 spiro atoms. The van der Waals surface area contributed by atoms with Gasteiger partial charge in [0.05, 0.1) is 0 Å². The molecule has 1 rings (SSSR count). The number of alkyl carbamates (subject to hydrolysis) is 1. The van der Waals surface area contributed by atoms with Crippen LogP contribution < -0.4 is 21.5 Å². The number of ether oxygens (including phenoxy) is 2. The van der Waals surface area contributed by atoms with E-state index in [1.165, 1.54) is 5.56 Å². The molecule has 25 heavy (non-hydrogen) atoms. The number of hydrogen-bond donors (Lipinski definition) is 3. The molecule has 0 aliphatic carbocycles. The lowest BCUT2D eigenvalue weighted by Gasteiger charge is -2.22. The van der Waals surface area contributed by atoms with Crippen molar-refractivity contribution in [2.75, 3.05) is 13.2 Å². The van der Waals surface area contributed by atoms with Gasteiger partial charge in [-0.1, -0.05) is 12.1 Å². The normalized spacial score (nSPS) is 12.3. The number of carbonyl (C=O) groups is 2. The Hall–Kier alpha value is -2.28. The number of unbranched alkanes of at least 4 members (excludes halogenated alkanes) is 1. The maximum absolute atomic E-state index is 11.7. The number of rotatable bonds is 9. The van der Waals surface area contributed by atoms with Crippen molar-refractivity contribution in [3.8, 4) is 5.75 Å². The van der Waals surface area contributed by atoms with Crippen LogP contribution in [0.4, 0.5) is 4.79 Å². The van der Waals surface area contributed by atoms with Gasteiger partial charge in [0.15, 0.2) is 0 Å². The monoisotopic (exact) mass is 351 g/mol. The van der Waals surface area contributed by atoms with Gasteiger partial charge >= 0.3 is 6.09 Å². The number of aryl methyl sites for hydroxylation is 1. The predicted molar refractivity (Wildman–Crippen MR) is 96.3 cm³/mol. The molecule has 7 heteroatoms. The Kier molecular flexibility index (Phi) is 8.21. The first-order chi connectivity index (χ1) is 11.7. The third-order valence-electron chi connectivity index (χ3n) is 3.29. The van der Waals surface area contributed by atoms with Crippen LogP contribution in [0, 0.1) is 0 Å². The van der Waals surface area contributed by atoms with Crippen LogP contribution in [0.25, 0.3) is 0 Å². The molecule has 0 aliphatic rings. The van der Waals surface area contributed by atoms with Crippen molar-refractivity contribution in [3.05, 3.63) is 29.8 Å². The number of nitrogens with one attached hydrogen (secondary N) is 1. The first-order valence-corrected chi connectivity index (χ1v) is 8.42. The summed E-state index contributed by atoms with van der Waals surface area (Å²) in [5.41, 5.74) is 11.3. The summed E-state index contributed by atoms with van der Waals surface area (Å²) >= 11 is 0. The second kappa shape index (κ2) is 9.88. The van der Waals surface area contributed by atoms with Gasteiger partial charge in [-0.15, -0.1) is 0 Å². The molecule has 0 saturated carbocycles. The fourth-order valence-electron chi connectivity index (χ4n) is 2.05. The van der Waals surface area contributed by atoms with Gasteiger partial charge in [0.1, 0.15) is 24.0 Å². The van der Waals surface area contributed by atoms with Crippen molar-refractivity contribution in [1.82, 2.24) is 5.32 Å². The highest BCUT2D eigenvalue weighted by molar-refractivity contribution is 5.84. The van der Waals surface area contributed by atoms with E-state index in [0.717, 1.165) is 19.3 Å². The van der Waals surface area contributed by atoms with Crippen LogP contribution in [0.1, 0.15) is 39.2 Å².